The van der Waals surface area contributed by atoms with Crippen molar-refractivity contribution in [1.29, 1.82) is 0 Å². The zero-order chi connectivity index (χ0) is 19.8. The Morgan fingerprint density at radius 1 is 1.24 bits per heavy atom. The van der Waals surface area contributed by atoms with Gasteiger partial charge in [0.2, 0.25) is 0 Å². The summed E-state index contributed by atoms with van der Waals surface area (Å²) < 4.78 is 11.1. The van der Waals surface area contributed by atoms with Crippen LogP contribution in [0.3, 0.4) is 0 Å². The highest BCUT2D eigenvalue weighted by Crippen LogP contribution is 2.24. The van der Waals surface area contributed by atoms with Crippen LogP contribution in [-0.2, 0) is 6.54 Å². The van der Waals surface area contributed by atoms with Crippen molar-refractivity contribution in [2.45, 2.75) is 38.8 Å². The highest BCUT2D eigenvalue weighted by molar-refractivity contribution is 14.0. The molecule has 0 radical (unpaired) electrons. The molecule has 160 valence electrons. The first kappa shape index (κ1) is 23.3. The zero-order valence-corrected chi connectivity index (χ0v) is 19.1. The van der Waals surface area contributed by atoms with E-state index in [1.807, 2.05) is 19.1 Å². The molecule has 1 fully saturated rings. The maximum atomic E-state index is 11.1. The molecule has 9 heteroatoms. The van der Waals surface area contributed by atoms with Gasteiger partial charge in [-0.1, -0.05) is 6.42 Å². The standard InChI is InChI=1S/C20H29N5O3.HI/c1-2-22-20(23-13-15-8-9-18(28-15)19(21)26)24-14-16(17-7-6-12-27-17)25-10-4-3-5-11-25;/h6-9,12,16H,2-5,10-11,13-14H2,1H3,(H2,21,26)(H2,22,23,24);1H. The SMILES string of the molecule is CCNC(=NCc1ccc(C(N)=O)o1)NCC(c1ccco1)N1CCCCC1.I. The van der Waals surface area contributed by atoms with E-state index in [1.165, 1.54) is 19.3 Å². The number of amides is 1. The highest BCUT2D eigenvalue weighted by atomic mass is 127. The number of carbonyl (C=O) groups excluding carboxylic acids is 1. The van der Waals surface area contributed by atoms with Gasteiger partial charge in [0, 0.05) is 13.1 Å². The Hall–Kier alpha value is -2.01. The van der Waals surface area contributed by atoms with E-state index in [4.69, 9.17) is 14.6 Å². The molecule has 1 aliphatic rings. The largest absolute Gasteiger partial charge is 0.468 e. The summed E-state index contributed by atoms with van der Waals surface area (Å²) in [6.07, 6.45) is 5.44. The Balaban J connectivity index is 0.00000300. The highest BCUT2D eigenvalue weighted by Gasteiger charge is 2.24. The van der Waals surface area contributed by atoms with Crippen molar-refractivity contribution in [2.75, 3.05) is 26.2 Å². The average Bonchev–Trinajstić information content (AvgIpc) is 3.39. The number of likely N-dealkylation sites (tertiary alicyclic amines) is 1. The number of hydrogen-bond donors (Lipinski definition) is 3. The number of aliphatic imine (C=N–C) groups is 1. The van der Waals surface area contributed by atoms with Gasteiger partial charge in [-0.3, -0.25) is 9.69 Å². The first-order valence-electron chi connectivity index (χ1n) is 9.85. The van der Waals surface area contributed by atoms with Crippen LogP contribution in [0.1, 0.15) is 54.3 Å². The Morgan fingerprint density at radius 2 is 2.03 bits per heavy atom. The van der Waals surface area contributed by atoms with Crippen LogP contribution in [-0.4, -0.2) is 42.9 Å². The van der Waals surface area contributed by atoms with E-state index >= 15 is 0 Å². The minimum Gasteiger partial charge on any atom is -0.468 e. The van der Waals surface area contributed by atoms with Gasteiger partial charge in [0.15, 0.2) is 11.7 Å². The molecule has 4 N–H and O–H groups in total. The van der Waals surface area contributed by atoms with Gasteiger partial charge >= 0.3 is 0 Å². The van der Waals surface area contributed by atoms with Crippen molar-refractivity contribution in [3.05, 3.63) is 47.8 Å². The summed E-state index contributed by atoms with van der Waals surface area (Å²) >= 11 is 0. The molecule has 3 heterocycles. The summed E-state index contributed by atoms with van der Waals surface area (Å²) in [5, 5.41) is 6.65. The third kappa shape index (κ3) is 6.77. The van der Waals surface area contributed by atoms with Crippen LogP contribution in [0.2, 0.25) is 0 Å². The Kier molecular flexibility index (Phi) is 9.52. The quantitative estimate of drug-likeness (QED) is 0.284. The average molecular weight is 515 g/mol. The van der Waals surface area contributed by atoms with Crippen molar-refractivity contribution < 1.29 is 13.6 Å². The van der Waals surface area contributed by atoms with E-state index in [0.29, 0.717) is 24.8 Å². The zero-order valence-electron chi connectivity index (χ0n) is 16.7. The number of halogens is 1. The van der Waals surface area contributed by atoms with Crippen molar-refractivity contribution in [3.8, 4) is 0 Å². The minimum absolute atomic E-state index is 0. The van der Waals surface area contributed by atoms with Crippen molar-refractivity contribution in [1.82, 2.24) is 15.5 Å². The lowest BCUT2D eigenvalue weighted by Gasteiger charge is -2.33. The van der Waals surface area contributed by atoms with Gasteiger partial charge < -0.3 is 25.2 Å². The normalized spacial score (nSPS) is 16.1. The summed E-state index contributed by atoms with van der Waals surface area (Å²) in [6.45, 7) is 5.91. The monoisotopic (exact) mass is 515 g/mol. The fourth-order valence-corrected chi connectivity index (χ4v) is 3.41. The Labute approximate surface area is 188 Å². The topological polar surface area (TPSA) is 109 Å². The van der Waals surface area contributed by atoms with Crippen molar-refractivity contribution >= 4 is 35.8 Å². The summed E-state index contributed by atoms with van der Waals surface area (Å²) in [4.78, 5) is 18.2. The number of nitrogens with one attached hydrogen (secondary N) is 2. The molecule has 3 rings (SSSR count). The first-order chi connectivity index (χ1) is 13.7. The molecule has 1 saturated heterocycles. The third-order valence-electron chi connectivity index (χ3n) is 4.81. The van der Waals surface area contributed by atoms with Crippen LogP contribution in [0.15, 0.2) is 44.4 Å². The van der Waals surface area contributed by atoms with Crippen LogP contribution in [0.4, 0.5) is 0 Å². The summed E-state index contributed by atoms with van der Waals surface area (Å²) in [7, 11) is 0. The molecule has 1 amide bonds. The predicted octanol–water partition coefficient (Wildman–Crippen LogP) is 2.87. The molecule has 2 aromatic rings. The molecule has 1 atom stereocenters. The number of guanidine groups is 1. The smallest absolute Gasteiger partial charge is 0.284 e. The van der Waals surface area contributed by atoms with E-state index in [2.05, 4.69) is 20.5 Å². The molecule has 1 unspecified atom stereocenters. The van der Waals surface area contributed by atoms with Gasteiger partial charge in [-0.05, 0) is 57.1 Å². The van der Waals surface area contributed by atoms with E-state index in [1.54, 1.807) is 18.4 Å². The van der Waals surface area contributed by atoms with Gasteiger partial charge in [0.05, 0.1) is 12.3 Å². The van der Waals surface area contributed by atoms with Crippen LogP contribution in [0.5, 0.6) is 0 Å². The molecular weight excluding hydrogens is 485 g/mol. The molecular formula is C20H30IN5O3. The van der Waals surface area contributed by atoms with Gasteiger partial charge in [0.25, 0.3) is 5.91 Å². The minimum atomic E-state index is -0.580. The maximum Gasteiger partial charge on any atom is 0.284 e. The number of nitrogens with two attached hydrogens (primary N) is 1. The molecule has 0 aliphatic carbocycles. The maximum absolute atomic E-state index is 11.1. The fraction of sp³-hybridized carbons (Fsp3) is 0.500. The van der Waals surface area contributed by atoms with Crippen LogP contribution in [0.25, 0.3) is 0 Å². The van der Waals surface area contributed by atoms with Gasteiger partial charge in [0.1, 0.15) is 18.1 Å². The van der Waals surface area contributed by atoms with Crippen LogP contribution < -0.4 is 16.4 Å². The number of nitrogens with zero attached hydrogens (tertiary/aromatic N) is 2. The summed E-state index contributed by atoms with van der Waals surface area (Å²) in [6, 6.07) is 7.39. The number of rotatable bonds is 8. The van der Waals surface area contributed by atoms with Gasteiger partial charge in [-0.15, -0.1) is 24.0 Å². The lowest BCUT2D eigenvalue weighted by Crippen LogP contribution is -2.44. The Morgan fingerprint density at radius 3 is 2.66 bits per heavy atom. The lowest BCUT2D eigenvalue weighted by atomic mass is 10.1. The second-order valence-corrected chi connectivity index (χ2v) is 6.83. The van der Waals surface area contributed by atoms with E-state index in [-0.39, 0.29) is 35.8 Å². The fourth-order valence-electron chi connectivity index (χ4n) is 3.41. The number of hydrogen-bond acceptors (Lipinski definition) is 5. The molecule has 29 heavy (non-hydrogen) atoms. The number of piperidine rings is 1. The molecule has 1 aliphatic heterocycles. The second kappa shape index (κ2) is 11.9. The number of primary amides is 1. The molecule has 0 saturated carbocycles. The second-order valence-electron chi connectivity index (χ2n) is 6.83. The van der Waals surface area contributed by atoms with Crippen molar-refractivity contribution in [2.24, 2.45) is 10.7 Å². The van der Waals surface area contributed by atoms with Gasteiger partial charge in [-0.2, -0.15) is 0 Å². The van der Waals surface area contributed by atoms with E-state index in [9.17, 15) is 4.79 Å². The van der Waals surface area contributed by atoms with E-state index in [0.717, 1.165) is 25.4 Å². The molecule has 8 nitrogen and oxygen atoms in total. The first-order valence-corrected chi connectivity index (χ1v) is 9.85. The van der Waals surface area contributed by atoms with Crippen LogP contribution >= 0.6 is 24.0 Å². The molecule has 0 bridgehead atoms. The number of carbonyl (C=O) groups is 1. The summed E-state index contributed by atoms with van der Waals surface area (Å²) in [5.74, 6) is 1.80. The third-order valence-corrected chi connectivity index (χ3v) is 4.81. The van der Waals surface area contributed by atoms with Crippen molar-refractivity contribution in [3.63, 3.8) is 0 Å². The van der Waals surface area contributed by atoms with Crippen LogP contribution in [0, 0.1) is 0 Å². The van der Waals surface area contributed by atoms with E-state index < -0.39 is 5.91 Å². The molecule has 0 spiro atoms. The van der Waals surface area contributed by atoms with Gasteiger partial charge in [-0.25, -0.2) is 4.99 Å². The number of furan rings is 2. The molecule has 0 aromatic carbocycles. The summed E-state index contributed by atoms with van der Waals surface area (Å²) in [5.41, 5.74) is 5.22. The Bertz CT molecular complexity index is 769. The lowest BCUT2D eigenvalue weighted by molar-refractivity contribution is 0.0972. The predicted molar refractivity (Wildman–Crippen MR) is 122 cm³/mol. The molecule has 2 aromatic heterocycles.